The van der Waals surface area contributed by atoms with Crippen molar-refractivity contribution in [2.24, 2.45) is 11.3 Å². The highest BCUT2D eigenvalue weighted by atomic mass is 79.9. The van der Waals surface area contributed by atoms with Crippen molar-refractivity contribution in [3.63, 3.8) is 0 Å². The van der Waals surface area contributed by atoms with E-state index in [1.165, 1.54) is 17.8 Å². The van der Waals surface area contributed by atoms with Crippen molar-refractivity contribution in [1.82, 2.24) is 9.97 Å². The van der Waals surface area contributed by atoms with Crippen molar-refractivity contribution in [3.05, 3.63) is 97.6 Å². The largest absolute Gasteiger partial charge is 0.343 e. The van der Waals surface area contributed by atoms with Gasteiger partial charge in [0.05, 0.1) is 11.5 Å². The fourth-order valence-corrected chi connectivity index (χ4v) is 6.08. The Hall–Kier alpha value is -2.71. The number of carbonyl (C=O) groups excluding carboxylic acids is 1. The van der Waals surface area contributed by atoms with Gasteiger partial charge in [-0.2, -0.15) is 0 Å². The van der Waals surface area contributed by atoms with Crippen molar-refractivity contribution in [2.75, 3.05) is 5.32 Å². The average molecular weight is 540 g/mol. The Bertz CT molecular complexity index is 1380. The molecule has 2 atom stereocenters. The molecule has 3 aromatic rings. The molecule has 2 aliphatic rings. The van der Waals surface area contributed by atoms with Gasteiger partial charge in [-0.3, -0.25) is 9.59 Å². The lowest BCUT2D eigenvalue weighted by molar-refractivity contribution is -0.124. The lowest BCUT2D eigenvalue weighted by Crippen LogP contribution is -2.41. The molecule has 2 heterocycles. The second kappa shape index (κ2) is 8.82. The molecule has 1 aliphatic heterocycles. The topological polar surface area (TPSA) is 74.8 Å². The van der Waals surface area contributed by atoms with Crippen LogP contribution in [-0.4, -0.2) is 15.8 Å². The van der Waals surface area contributed by atoms with E-state index in [4.69, 9.17) is 4.98 Å². The number of aromatic nitrogens is 2. The third kappa shape index (κ3) is 4.36. The van der Waals surface area contributed by atoms with Gasteiger partial charge in [0.25, 0.3) is 5.56 Å². The predicted molar refractivity (Wildman–Crippen MR) is 135 cm³/mol. The quantitative estimate of drug-likeness (QED) is 0.313. The van der Waals surface area contributed by atoms with E-state index < -0.39 is 11.8 Å². The number of carbonyl (C=O) groups is 1. The molecular weight excluding hydrogens is 517 g/mol. The number of hydrogen-bond donors (Lipinski definition) is 2. The number of nitrogens with zero attached hydrogens (tertiary/aromatic N) is 1. The molecule has 0 amide bonds. The first kappa shape index (κ1) is 23.1. The van der Waals surface area contributed by atoms with Crippen LogP contribution in [0.3, 0.4) is 0 Å². The number of hydrogen-bond acceptors (Lipinski definition) is 5. The molecule has 5 nitrogen and oxygen atoms in total. The van der Waals surface area contributed by atoms with Gasteiger partial charge in [-0.25, -0.2) is 9.37 Å². The van der Waals surface area contributed by atoms with Crippen LogP contribution in [0.4, 0.5) is 10.2 Å². The number of rotatable bonds is 4. The first-order chi connectivity index (χ1) is 16.2. The summed E-state index contributed by atoms with van der Waals surface area (Å²) in [5.74, 6) is -0.347. The van der Waals surface area contributed by atoms with Gasteiger partial charge in [-0.05, 0) is 34.7 Å². The first-order valence-corrected chi connectivity index (χ1v) is 12.8. The number of aromatic amines is 1. The number of allylic oxidation sites excluding steroid dienone is 2. The Balaban J connectivity index is 1.60. The second-order valence-corrected chi connectivity index (χ2v) is 11.3. The molecule has 2 aromatic carbocycles. The SMILES string of the molecule is CC1(C)C=C2Nc3nc(SCc4ccccc4F)[nH]c(=O)c3[C@H](c3cccc(Br)c3)[C@H]2C(=O)C1. The minimum Gasteiger partial charge on any atom is -0.343 e. The van der Waals surface area contributed by atoms with E-state index >= 15 is 0 Å². The number of thioether (sulfide) groups is 1. The second-order valence-electron chi connectivity index (χ2n) is 9.38. The molecule has 34 heavy (non-hydrogen) atoms. The summed E-state index contributed by atoms with van der Waals surface area (Å²) in [6, 6.07) is 14.3. The van der Waals surface area contributed by atoms with Gasteiger partial charge in [-0.1, -0.05) is 77.9 Å². The van der Waals surface area contributed by atoms with Crippen molar-refractivity contribution >= 4 is 39.3 Å². The highest BCUT2D eigenvalue weighted by molar-refractivity contribution is 9.10. The first-order valence-electron chi connectivity index (χ1n) is 11.0. The van der Waals surface area contributed by atoms with Gasteiger partial charge in [0, 0.05) is 28.3 Å². The Morgan fingerprint density at radius 2 is 1.94 bits per heavy atom. The molecule has 0 spiro atoms. The highest BCUT2D eigenvalue weighted by Gasteiger charge is 2.45. The van der Waals surface area contributed by atoms with Crippen molar-refractivity contribution < 1.29 is 9.18 Å². The third-order valence-electron chi connectivity index (χ3n) is 6.23. The molecule has 0 saturated carbocycles. The van der Waals surface area contributed by atoms with Crippen LogP contribution in [0.5, 0.6) is 0 Å². The Labute approximate surface area is 209 Å². The van der Waals surface area contributed by atoms with Crippen LogP contribution in [0.15, 0.2) is 74.7 Å². The van der Waals surface area contributed by atoms with E-state index in [-0.39, 0.29) is 22.6 Å². The summed E-state index contributed by atoms with van der Waals surface area (Å²) < 4.78 is 14.9. The van der Waals surface area contributed by atoms with Crippen LogP contribution in [0, 0.1) is 17.2 Å². The minimum atomic E-state index is -0.477. The van der Waals surface area contributed by atoms with Crippen LogP contribution in [0.2, 0.25) is 0 Å². The fraction of sp³-hybridized carbons (Fsp3) is 0.269. The van der Waals surface area contributed by atoms with E-state index in [0.29, 0.717) is 34.3 Å². The van der Waals surface area contributed by atoms with Gasteiger partial charge in [0.2, 0.25) is 0 Å². The summed E-state index contributed by atoms with van der Waals surface area (Å²) in [5.41, 5.74) is 2.05. The van der Waals surface area contributed by atoms with Gasteiger partial charge < -0.3 is 10.3 Å². The molecule has 2 N–H and O–H groups in total. The van der Waals surface area contributed by atoms with Crippen LogP contribution in [0.25, 0.3) is 0 Å². The van der Waals surface area contributed by atoms with Crippen LogP contribution in [-0.2, 0) is 10.5 Å². The van der Waals surface area contributed by atoms with E-state index in [0.717, 1.165) is 15.7 Å². The number of Topliss-reactive ketones (excluding diaryl/α,β-unsaturated/α-hetero) is 1. The predicted octanol–water partition coefficient (Wildman–Crippen LogP) is 6.02. The summed E-state index contributed by atoms with van der Waals surface area (Å²) in [5, 5.41) is 3.70. The molecule has 0 bridgehead atoms. The standard InChI is InChI=1S/C26H23BrFN3O2S/c1-26(2)11-18-21(19(32)12-26)20(14-7-5-8-16(27)10-14)22-23(29-18)30-25(31-24(22)33)34-13-15-6-3-4-9-17(15)28/h3-11,20-21H,12-13H2,1-2H3,(H2,29,30,31,33)/t20-,21-/m1/s1. The van der Waals surface area contributed by atoms with E-state index in [9.17, 15) is 14.0 Å². The minimum absolute atomic E-state index is 0.100. The maximum Gasteiger partial charge on any atom is 0.257 e. The van der Waals surface area contributed by atoms with E-state index in [1.54, 1.807) is 18.2 Å². The van der Waals surface area contributed by atoms with Gasteiger partial charge in [0.15, 0.2) is 5.16 Å². The molecule has 1 aliphatic carbocycles. The van der Waals surface area contributed by atoms with Gasteiger partial charge in [0.1, 0.15) is 17.4 Å². The number of ketones is 1. The zero-order chi connectivity index (χ0) is 24.0. The van der Waals surface area contributed by atoms with Gasteiger partial charge in [-0.15, -0.1) is 0 Å². The van der Waals surface area contributed by atoms with E-state index in [1.807, 2.05) is 38.1 Å². The number of anilines is 1. The molecule has 8 heteroatoms. The molecule has 0 fully saturated rings. The van der Waals surface area contributed by atoms with Crippen LogP contribution >= 0.6 is 27.7 Å². The Morgan fingerprint density at radius 3 is 2.71 bits per heavy atom. The monoisotopic (exact) mass is 539 g/mol. The van der Waals surface area contributed by atoms with Gasteiger partial charge >= 0.3 is 0 Å². The molecule has 0 saturated heterocycles. The highest BCUT2D eigenvalue weighted by Crippen LogP contribution is 2.48. The molecule has 174 valence electrons. The summed E-state index contributed by atoms with van der Waals surface area (Å²) in [6.07, 6.45) is 2.49. The zero-order valence-electron chi connectivity index (χ0n) is 18.7. The molecular formula is C26H23BrFN3O2S. The normalized spacial score (nSPS) is 20.7. The lowest BCUT2D eigenvalue weighted by atomic mass is 9.67. The molecule has 1 aromatic heterocycles. The Kier molecular flexibility index (Phi) is 5.98. The Morgan fingerprint density at radius 1 is 1.15 bits per heavy atom. The fourth-order valence-electron chi connectivity index (χ4n) is 4.81. The number of nitrogens with one attached hydrogen (secondary N) is 2. The maximum absolute atomic E-state index is 14.1. The third-order valence-corrected chi connectivity index (χ3v) is 7.64. The zero-order valence-corrected chi connectivity index (χ0v) is 21.1. The smallest absolute Gasteiger partial charge is 0.257 e. The molecule has 0 radical (unpaired) electrons. The van der Waals surface area contributed by atoms with Crippen LogP contribution < -0.4 is 10.9 Å². The molecule has 5 rings (SSSR count). The van der Waals surface area contributed by atoms with Crippen LogP contribution in [0.1, 0.15) is 42.9 Å². The summed E-state index contributed by atoms with van der Waals surface area (Å²) in [7, 11) is 0. The summed E-state index contributed by atoms with van der Waals surface area (Å²) in [4.78, 5) is 34.3. The number of fused-ring (bicyclic) bond motifs is 2. The van der Waals surface area contributed by atoms with Crippen molar-refractivity contribution in [2.45, 2.75) is 37.1 Å². The number of halogens is 2. The lowest BCUT2D eigenvalue weighted by Gasteiger charge is -2.40. The molecule has 0 unspecified atom stereocenters. The number of benzene rings is 2. The summed E-state index contributed by atoms with van der Waals surface area (Å²) >= 11 is 4.78. The number of H-pyrrole nitrogens is 1. The average Bonchev–Trinajstić information content (AvgIpc) is 2.76. The maximum atomic E-state index is 14.1. The van der Waals surface area contributed by atoms with Crippen molar-refractivity contribution in [3.8, 4) is 0 Å². The van der Waals surface area contributed by atoms with Crippen molar-refractivity contribution in [1.29, 1.82) is 0 Å². The van der Waals surface area contributed by atoms with E-state index in [2.05, 4.69) is 32.3 Å². The summed E-state index contributed by atoms with van der Waals surface area (Å²) in [6.45, 7) is 4.06.